The minimum absolute atomic E-state index is 0.700. The lowest BCUT2D eigenvalue weighted by atomic mass is 10.1. The zero-order chi connectivity index (χ0) is 10.3. The minimum atomic E-state index is 0.700. The van der Waals surface area contributed by atoms with Crippen molar-refractivity contribution in [3.63, 3.8) is 0 Å². The average molecular weight is 223 g/mol. The summed E-state index contributed by atoms with van der Waals surface area (Å²) < 4.78 is 2.35. The molecule has 15 heavy (non-hydrogen) atoms. The summed E-state index contributed by atoms with van der Waals surface area (Å²) >= 11 is 2.06. The summed E-state index contributed by atoms with van der Waals surface area (Å²) in [5.41, 5.74) is 2.75. The Labute approximate surface area is 94.7 Å². The van der Waals surface area contributed by atoms with E-state index in [2.05, 4.69) is 28.7 Å². The Hall–Kier alpha value is -0.480. The van der Waals surface area contributed by atoms with E-state index in [4.69, 9.17) is 4.98 Å². The summed E-state index contributed by atoms with van der Waals surface area (Å²) in [6.45, 7) is 2.06. The highest BCUT2D eigenvalue weighted by Gasteiger charge is 2.25. The van der Waals surface area contributed by atoms with Gasteiger partial charge >= 0.3 is 0 Å². The van der Waals surface area contributed by atoms with Gasteiger partial charge in [0.05, 0.1) is 5.69 Å². The SMILES string of the molecule is Cn1c(C2CCSC2)nc2c1CCNC2. The summed E-state index contributed by atoms with van der Waals surface area (Å²) in [5.74, 6) is 4.59. The second-order valence-electron chi connectivity index (χ2n) is 4.41. The molecule has 1 unspecified atom stereocenters. The maximum atomic E-state index is 4.82. The molecular formula is C11H17N3S. The predicted octanol–water partition coefficient (Wildman–Crippen LogP) is 1.29. The van der Waals surface area contributed by atoms with Crippen molar-refractivity contribution in [2.24, 2.45) is 7.05 Å². The molecule has 0 aromatic carbocycles. The van der Waals surface area contributed by atoms with Gasteiger partial charge in [-0.25, -0.2) is 4.98 Å². The van der Waals surface area contributed by atoms with E-state index in [0.29, 0.717) is 5.92 Å². The zero-order valence-electron chi connectivity index (χ0n) is 9.12. The Morgan fingerprint density at radius 3 is 3.20 bits per heavy atom. The molecular weight excluding hydrogens is 206 g/mol. The number of thioether (sulfide) groups is 1. The Morgan fingerprint density at radius 1 is 1.53 bits per heavy atom. The number of hydrogen-bond acceptors (Lipinski definition) is 3. The molecule has 2 aliphatic rings. The van der Waals surface area contributed by atoms with Crippen molar-refractivity contribution < 1.29 is 0 Å². The van der Waals surface area contributed by atoms with Gasteiger partial charge in [-0.2, -0.15) is 11.8 Å². The molecule has 1 aromatic rings. The van der Waals surface area contributed by atoms with E-state index in [0.717, 1.165) is 19.5 Å². The van der Waals surface area contributed by atoms with Gasteiger partial charge in [0.2, 0.25) is 0 Å². The summed E-state index contributed by atoms with van der Waals surface area (Å²) in [5, 5.41) is 3.39. The van der Waals surface area contributed by atoms with Crippen LogP contribution in [0.3, 0.4) is 0 Å². The van der Waals surface area contributed by atoms with Crippen LogP contribution in [0.2, 0.25) is 0 Å². The molecule has 4 heteroatoms. The van der Waals surface area contributed by atoms with E-state index in [-0.39, 0.29) is 0 Å². The molecule has 3 nitrogen and oxygen atoms in total. The Bertz CT molecular complexity index is 366. The lowest BCUT2D eigenvalue weighted by Gasteiger charge is -2.13. The van der Waals surface area contributed by atoms with Crippen molar-refractivity contribution in [1.82, 2.24) is 14.9 Å². The van der Waals surface area contributed by atoms with Crippen LogP contribution in [0.25, 0.3) is 0 Å². The van der Waals surface area contributed by atoms with Gasteiger partial charge in [-0.3, -0.25) is 0 Å². The minimum Gasteiger partial charge on any atom is -0.334 e. The molecule has 0 amide bonds. The van der Waals surface area contributed by atoms with Gasteiger partial charge < -0.3 is 9.88 Å². The van der Waals surface area contributed by atoms with Crippen LogP contribution in [0.1, 0.15) is 29.6 Å². The molecule has 0 bridgehead atoms. The fourth-order valence-electron chi connectivity index (χ4n) is 2.58. The number of nitrogens with zero attached hydrogens (tertiary/aromatic N) is 2. The normalized spacial score (nSPS) is 25.5. The standard InChI is InChI=1S/C11H17N3S/c1-14-10-2-4-12-6-9(10)13-11(14)8-3-5-15-7-8/h8,12H,2-7H2,1H3. The van der Waals surface area contributed by atoms with E-state index in [1.54, 1.807) is 0 Å². The largest absolute Gasteiger partial charge is 0.334 e. The number of rotatable bonds is 1. The van der Waals surface area contributed by atoms with Gasteiger partial charge in [0, 0.05) is 43.9 Å². The Morgan fingerprint density at radius 2 is 2.47 bits per heavy atom. The summed E-state index contributed by atoms with van der Waals surface area (Å²) in [7, 11) is 2.19. The number of imidazole rings is 1. The van der Waals surface area contributed by atoms with Crippen LogP contribution in [0.15, 0.2) is 0 Å². The number of nitrogens with one attached hydrogen (secondary N) is 1. The van der Waals surface area contributed by atoms with E-state index >= 15 is 0 Å². The predicted molar refractivity (Wildman–Crippen MR) is 63.3 cm³/mol. The Balaban J connectivity index is 1.97. The first kappa shape index (κ1) is 9.73. The third-order valence-corrected chi connectivity index (χ3v) is 4.62. The van der Waals surface area contributed by atoms with Crippen LogP contribution >= 0.6 is 11.8 Å². The van der Waals surface area contributed by atoms with Crippen molar-refractivity contribution in [3.05, 3.63) is 17.2 Å². The third-order valence-electron chi connectivity index (χ3n) is 3.46. The van der Waals surface area contributed by atoms with Gasteiger partial charge in [-0.15, -0.1) is 0 Å². The molecule has 0 radical (unpaired) electrons. The second-order valence-corrected chi connectivity index (χ2v) is 5.56. The molecule has 0 aliphatic carbocycles. The zero-order valence-corrected chi connectivity index (χ0v) is 9.94. The molecule has 1 saturated heterocycles. The van der Waals surface area contributed by atoms with Gasteiger partial charge in [0.15, 0.2) is 0 Å². The summed E-state index contributed by atoms with van der Waals surface area (Å²) in [6, 6.07) is 0. The first-order valence-electron chi connectivity index (χ1n) is 5.69. The second kappa shape index (κ2) is 3.83. The van der Waals surface area contributed by atoms with Crippen LogP contribution in [0.5, 0.6) is 0 Å². The molecule has 1 aromatic heterocycles. The molecule has 0 saturated carbocycles. The summed E-state index contributed by atoms with van der Waals surface area (Å²) in [6.07, 6.45) is 2.44. The van der Waals surface area contributed by atoms with Crippen molar-refractivity contribution in [2.45, 2.75) is 25.3 Å². The van der Waals surface area contributed by atoms with E-state index in [1.165, 1.54) is 35.1 Å². The van der Waals surface area contributed by atoms with Crippen molar-refractivity contribution >= 4 is 11.8 Å². The van der Waals surface area contributed by atoms with Crippen LogP contribution < -0.4 is 5.32 Å². The first-order valence-corrected chi connectivity index (χ1v) is 6.84. The molecule has 0 spiro atoms. The topological polar surface area (TPSA) is 29.9 Å². The quantitative estimate of drug-likeness (QED) is 0.778. The number of fused-ring (bicyclic) bond motifs is 1. The van der Waals surface area contributed by atoms with Crippen LogP contribution in [0, 0.1) is 0 Å². The fourth-order valence-corrected chi connectivity index (χ4v) is 3.80. The maximum absolute atomic E-state index is 4.82. The molecule has 2 aliphatic heterocycles. The molecule has 3 rings (SSSR count). The lowest BCUT2D eigenvalue weighted by molar-refractivity contribution is 0.606. The first-order chi connectivity index (χ1) is 7.36. The maximum Gasteiger partial charge on any atom is 0.112 e. The highest BCUT2D eigenvalue weighted by Crippen LogP contribution is 2.32. The molecule has 1 atom stereocenters. The smallest absolute Gasteiger partial charge is 0.112 e. The van der Waals surface area contributed by atoms with Crippen molar-refractivity contribution in [2.75, 3.05) is 18.1 Å². The molecule has 3 heterocycles. The van der Waals surface area contributed by atoms with E-state index in [1.807, 2.05) is 0 Å². The number of aromatic nitrogens is 2. The highest BCUT2D eigenvalue weighted by atomic mass is 32.2. The molecule has 82 valence electrons. The Kier molecular flexibility index (Phi) is 2.48. The van der Waals surface area contributed by atoms with E-state index in [9.17, 15) is 0 Å². The third kappa shape index (κ3) is 1.60. The van der Waals surface area contributed by atoms with Gasteiger partial charge in [0.25, 0.3) is 0 Å². The highest BCUT2D eigenvalue weighted by molar-refractivity contribution is 7.99. The summed E-state index contributed by atoms with van der Waals surface area (Å²) in [4.78, 5) is 4.82. The fraction of sp³-hybridized carbons (Fsp3) is 0.727. The van der Waals surface area contributed by atoms with E-state index < -0.39 is 0 Å². The van der Waals surface area contributed by atoms with Gasteiger partial charge in [-0.1, -0.05) is 0 Å². The average Bonchev–Trinajstić information content (AvgIpc) is 2.87. The van der Waals surface area contributed by atoms with Crippen LogP contribution in [0.4, 0.5) is 0 Å². The van der Waals surface area contributed by atoms with Crippen LogP contribution in [-0.4, -0.2) is 27.6 Å². The monoisotopic (exact) mass is 223 g/mol. The van der Waals surface area contributed by atoms with Crippen molar-refractivity contribution in [1.29, 1.82) is 0 Å². The number of hydrogen-bond donors (Lipinski definition) is 1. The van der Waals surface area contributed by atoms with Crippen molar-refractivity contribution in [3.8, 4) is 0 Å². The van der Waals surface area contributed by atoms with Gasteiger partial charge in [0.1, 0.15) is 5.82 Å². The molecule has 1 N–H and O–H groups in total. The molecule has 1 fully saturated rings. The van der Waals surface area contributed by atoms with Gasteiger partial charge in [-0.05, 0) is 12.2 Å². The van der Waals surface area contributed by atoms with Crippen LogP contribution in [-0.2, 0) is 20.0 Å². The lowest BCUT2D eigenvalue weighted by Crippen LogP contribution is -2.24.